The van der Waals surface area contributed by atoms with Gasteiger partial charge in [0, 0.05) is 17.6 Å². The molecule has 118 valence electrons. The SMILES string of the molecule is CC(C)=CCN1c2ccccc2[C@]2(CC=C(C)C)CCN[C@H]12. The van der Waals surface area contributed by atoms with E-state index in [2.05, 4.69) is 74.3 Å². The average Bonchev–Trinajstić information content (AvgIpc) is 2.99. The highest BCUT2D eigenvalue weighted by molar-refractivity contribution is 5.65. The van der Waals surface area contributed by atoms with Gasteiger partial charge in [-0.05, 0) is 58.7 Å². The molecule has 1 saturated heterocycles. The fraction of sp³-hybridized carbons (Fsp3) is 0.500. The van der Waals surface area contributed by atoms with Gasteiger partial charge in [0.15, 0.2) is 0 Å². The lowest BCUT2D eigenvalue weighted by Gasteiger charge is -2.33. The van der Waals surface area contributed by atoms with E-state index in [4.69, 9.17) is 0 Å². The van der Waals surface area contributed by atoms with Crippen LogP contribution in [-0.4, -0.2) is 19.3 Å². The van der Waals surface area contributed by atoms with Crippen molar-refractivity contribution in [3.8, 4) is 0 Å². The maximum Gasteiger partial charge on any atom is 0.0901 e. The molecule has 2 atom stereocenters. The van der Waals surface area contributed by atoms with Gasteiger partial charge in [0.1, 0.15) is 0 Å². The van der Waals surface area contributed by atoms with Gasteiger partial charge in [-0.3, -0.25) is 5.32 Å². The fourth-order valence-electron chi connectivity index (χ4n) is 3.93. The van der Waals surface area contributed by atoms with Gasteiger partial charge in [-0.25, -0.2) is 0 Å². The summed E-state index contributed by atoms with van der Waals surface area (Å²) in [7, 11) is 0. The average molecular weight is 296 g/mol. The lowest BCUT2D eigenvalue weighted by molar-refractivity contribution is 0.391. The van der Waals surface area contributed by atoms with Crippen molar-refractivity contribution in [1.29, 1.82) is 0 Å². The molecule has 2 heterocycles. The number of hydrogen-bond donors (Lipinski definition) is 1. The second-order valence-corrected chi connectivity index (χ2v) is 7.20. The predicted molar refractivity (Wildman–Crippen MR) is 95.4 cm³/mol. The van der Waals surface area contributed by atoms with Crippen LogP contribution in [0.5, 0.6) is 0 Å². The van der Waals surface area contributed by atoms with Gasteiger partial charge in [0.05, 0.1) is 6.17 Å². The summed E-state index contributed by atoms with van der Waals surface area (Å²) < 4.78 is 0. The zero-order valence-corrected chi connectivity index (χ0v) is 14.3. The second kappa shape index (κ2) is 5.92. The molecule has 0 aliphatic carbocycles. The second-order valence-electron chi connectivity index (χ2n) is 7.20. The Morgan fingerprint density at radius 1 is 1.18 bits per heavy atom. The Labute approximate surface area is 134 Å². The third kappa shape index (κ3) is 2.50. The molecular formula is C20H28N2. The van der Waals surface area contributed by atoms with Crippen LogP contribution in [0.25, 0.3) is 0 Å². The highest BCUT2D eigenvalue weighted by Crippen LogP contribution is 2.51. The van der Waals surface area contributed by atoms with Crippen molar-refractivity contribution < 1.29 is 0 Å². The quantitative estimate of drug-likeness (QED) is 0.829. The molecule has 2 aliphatic rings. The van der Waals surface area contributed by atoms with E-state index < -0.39 is 0 Å². The van der Waals surface area contributed by atoms with Crippen LogP contribution in [0.2, 0.25) is 0 Å². The summed E-state index contributed by atoms with van der Waals surface area (Å²) >= 11 is 0. The van der Waals surface area contributed by atoms with Crippen LogP contribution in [0.1, 0.15) is 46.1 Å². The number of fused-ring (bicyclic) bond motifs is 3. The van der Waals surface area contributed by atoms with Crippen molar-refractivity contribution in [3.63, 3.8) is 0 Å². The number of nitrogens with one attached hydrogen (secondary N) is 1. The Hall–Kier alpha value is -1.54. The van der Waals surface area contributed by atoms with Gasteiger partial charge in [-0.1, -0.05) is 41.5 Å². The minimum absolute atomic E-state index is 0.239. The molecule has 0 amide bonds. The molecule has 2 aliphatic heterocycles. The van der Waals surface area contributed by atoms with Crippen LogP contribution in [0.4, 0.5) is 5.69 Å². The number of anilines is 1. The van der Waals surface area contributed by atoms with E-state index in [1.165, 1.54) is 28.8 Å². The van der Waals surface area contributed by atoms with Gasteiger partial charge in [0.25, 0.3) is 0 Å². The Morgan fingerprint density at radius 2 is 1.91 bits per heavy atom. The molecule has 2 nitrogen and oxygen atoms in total. The Kier molecular flexibility index (Phi) is 4.14. The molecule has 1 aromatic carbocycles. The lowest BCUT2D eigenvalue weighted by Crippen LogP contribution is -2.47. The summed E-state index contributed by atoms with van der Waals surface area (Å²) in [6, 6.07) is 9.00. The van der Waals surface area contributed by atoms with Crippen LogP contribution >= 0.6 is 0 Å². The molecule has 0 aromatic heterocycles. The van der Waals surface area contributed by atoms with E-state index in [0.717, 1.165) is 19.5 Å². The van der Waals surface area contributed by atoms with Gasteiger partial charge in [-0.2, -0.15) is 0 Å². The van der Waals surface area contributed by atoms with Crippen molar-refractivity contribution >= 4 is 5.69 Å². The molecule has 0 radical (unpaired) electrons. The summed E-state index contributed by atoms with van der Waals surface area (Å²) in [5, 5.41) is 3.77. The zero-order chi connectivity index (χ0) is 15.7. The highest BCUT2D eigenvalue weighted by atomic mass is 15.3. The third-order valence-corrected chi connectivity index (χ3v) is 5.06. The molecule has 0 spiro atoms. The number of rotatable bonds is 4. The molecule has 1 aromatic rings. The molecule has 0 unspecified atom stereocenters. The first-order valence-electron chi connectivity index (χ1n) is 8.41. The van der Waals surface area contributed by atoms with Crippen molar-refractivity contribution in [3.05, 3.63) is 53.1 Å². The number of para-hydroxylation sites is 1. The molecule has 3 rings (SSSR count). The predicted octanol–water partition coefficient (Wildman–Crippen LogP) is 4.39. The molecule has 1 fully saturated rings. The van der Waals surface area contributed by atoms with Gasteiger partial charge in [0.2, 0.25) is 0 Å². The minimum atomic E-state index is 0.239. The first-order chi connectivity index (χ1) is 10.5. The van der Waals surface area contributed by atoms with E-state index in [-0.39, 0.29) is 5.41 Å². The van der Waals surface area contributed by atoms with E-state index in [0.29, 0.717) is 6.17 Å². The van der Waals surface area contributed by atoms with Crippen molar-refractivity contribution in [2.24, 2.45) is 0 Å². The molecule has 0 saturated carbocycles. The number of allylic oxidation sites excluding steroid dienone is 3. The van der Waals surface area contributed by atoms with E-state index in [1.807, 2.05) is 0 Å². The van der Waals surface area contributed by atoms with Crippen molar-refractivity contribution in [2.45, 2.75) is 52.1 Å². The van der Waals surface area contributed by atoms with Crippen LogP contribution in [-0.2, 0) is 5.41 Å². The van der Waals surface area contributed by atoms with E-state index in [1.54, 1.807) is 0 Å². The fourth-order valence-corrected chi connectivity index (χ4v) is 3.93. The van der Waals surface area contributed by atoms with E-state index in [9.17, 15) is 0 Å². The Balaban J connectivity index is 2.03. The monoisotopic (exact) mass is 296 g/mol. The molecule has 2 heteroatoms. The largest absolute Gasteiger partial charge is 0.351 e. The van der Waals surface area contributed by atoms with Gasteiger partial charge in [-0.15, -0.1) is 0 Å². The summed E-state index contributed by atoms with van der Waals surface area (Å²) in [4.78, 5) is 2.56. The van der Waals surface area contributed by atoms with Crippen LogP contribution in [0.3, 0.4) is 0 Å². The van der Waals surface area contributed by atoms with Crippen LogP contribution in [0.15, 0.2) is 47.6 Å². The summed E-state index contributed by atoms with van der Waals surface area (Å²) in [6.07, 6.45) is 7.55. The molecule has 1 N–H and O–H groups in total. The van der Waals surface area contributed by atoms with Crippen molar-refractivity contribution in [1.82, 2.24) is 5.32 Å². The smallest absolute Gasteiger partial charge is 0.0901 e. The third-order valence-electron chi connectivity index (χ3n) is 5.06. The van der Waals surface area contributed by atoms with E-state index >= 15 is 0 Å². The molecular weight excluding hydrogens is 268 g/mol. The topological polar surface area (TPSA) is 15.3 Å². The normalized spacial score (nSPS) is 25.6. The number of nitrogens with zero attached hydrogens (tertiary/aromatic N) is 1. The first-order valence-corrected chi connectivity index (χ1v) is 8.41. The molecule has 22 heavy (non-hydrogen) atoms. The minimum Gasteiger partial charge on any atom is -0.351 e. The van der Waals surface area contributed by atoms with Crippen molar-refractivity contribution in [2.75, 3.05) is 18.0 Å². The van der Waals surface area contributed by atoms with Gasteiger partial charge < -0.3 is 4.90 Å². The number of hydrogen-bond acceptors (Lipinski definition) is 2. The highest BCUT2D eigenvalue weighted by Gasteiger charge is 2.52. The number of benzene rings is 1. The summed E-state index contributed by atoms with van der Waals surface area (Å²) in [5.74, 6) is 0. The first kappa shape index (κ1) is 15.4. The lowest BCUT2D eigenvalue weighted by atomic mass is 9.76. The van der Waals surface area contributed by atoms with Crippen LogP contribution < -0.4 is 10.2 Å². The molecule has 0 bridgehead atoms. The Bertz CT molecular complexity index is 606. The van der Waals surface area contributed by atoms with Gasteiger partial charge >= 0.3 is 0 Å². The maximum absolute atomic E-state index is 3.77. The summed E-state index contributed by atoms with van der Waals surface area (Å²) in [6.45, 7) is 10.9. The summed E-state index contributed by atoms with van der Waals surface area (Å²) in [5.41, 5.74) is 5.99. The van der Waals surface area contributed by atoms with Crippen LogP contribution in [0, 0.1) is 0 Å². The zero-order valence-electron chi connectivity index (χ0n) is 14.3. The maximum atomic E-state index is 3.77. The standard InChI is InChI=1S/C20H28N2/c1-15(2)9-11-20-12-13-21-19(20)22(14-10-16(3)4)18-8-6-5-7-17(18)20/h5-10,19,21H,11-14H2,1-4H3/t19-,20+/m1/s1. The Morgan fingerprint density at radius 3 is 2.64 bits per heavy atom.